The van der Waals surface area contributed by atoms with Crippen molar-refractivity contribution >= 4 is 16.7 Å². The Bertz CT molecular complexity index is 394. The van der Waals surface area contributed by atoms with Gasteiger partial charge >= 0.3 is 0 Å². The minimum atomic E-state index is -1.22. The second-order valence-electron chi connectivity index (χ2n) is 4.11. The number of benzene rings is 1. The molecule has 0 aliphatic heterocycles. The molecule has 5 heteroatoms. The summed E-state index contributed by atoms with van der Waals surface area (Å²) in [6.07, 6.45) is 2.70. The van der Waals surface area contributed by atoms with Crippen LogP contribution in [0.1, 0.15) is 32.6 Å². The molecule has 0 bridgehead atoms. The van der Waals surface area contributed by atoms with Crippen molar-refractivity contribution in [3.63, 3.8) is 0 Å². The lowest BCUT2D eigenvalue weighted by Gasteiger charge is -2.15. The van der Waals surface area contributed by atoms with Crippen LogP contribution in [0.3, 0.4) is 0 Å². The first kappa shape index (κ1) is 14.9. The molecule has 2 atom stereocenters. The molecule has 0 unspecified atom stereocenters. The molecule has 0 aromatic heterocycles. The minimum absolute atomic E-state index is 0.0814. The molecular weight excluding hydrogens is 250 g/mol. The number of rotatable bonds is 7. The fourth-order valence-corrected chi connectivity index (χ4v) is 3.21. The second kappa shape index (κ2) is 8.00. The van der Waals surface area contributed by atoms with Crippen molar-refractivity contribution in [3.8, 4) is 0 Å². The van der Waals surface area contributed by atoms with Crippen molar-refractivity contribution in [2.75, 3.05) is 0 Å². The highest BCUT2D eigenvalue weighted by Crippen LogP contribution is 2.18. The lowest BCUT2D eigenvalue weighted by atomic mass is 10.1. The van der Waals surface area contributed by atoms with Crippen molar-refractivity contribution in [3.05, 3.63) is 30.3 Å². The fraction of sp³-hybridized carbons (Fsp3) is 0.462. The third kappa shape index (κ3) is 4.58. The molecule has 4 nitrogen and oxygen atoms in total. The van der Waals surface area contributed by atoms with Crippen molar-refractivity contribution in [2.24, 2.45) is 0 Å². The topological polar surface area (TPSA) is 66.4 Å². The van der Waals surface area contributed by atoms with Crippen LogP contribution < -0.4 is 5.48 Å². The molecule has 0 fully saturated rings. The van der Waals surface area contributed by atoms with E-state index in [1.54, 1.807) is 17.6 Å². The zero-order chi connectivity index (χ0) is 13.4. The van der Waals surface area contributed by atoms with Gasteiger partial charge in [-0.25, -0.2) is 5.48 Å². The van der Waals surface area contributed by atoms with E-state index in [2.05, 4.69) is 6.92 Å². The average molecular weight is 269 g/mol. The van der Waals surface area contributed by atoms with E-state index in [-0.39, 0.29) is 11.7 Å². The first-order valence-corrected chi connectivity index (χ1v) is 7.29. The summed E-state index contributed by atoms with van der Waals surface area (Å²) in [5.41, 5.74) is 1.60. The van der Waals surface area contributed by atoms with Crippen LogP contribution in [0.4, 0.5) is 0 Å². The van der Waals surface area contributed by atoms with Crippen molar-refractivity contribution in [1.29, 1.82) is 0 Å². The zero-order valence-corrected chi connectivity index (χ0v) is 11.3. The lowest BCUT2D eigenvalue weighted by molar-refractivity contribution is -0.129. The van der Waals surface area contributed by atoms with Crippen LogP contribution in [-0.4, -0.2) is 20.6 Å². The maximum absolute atomic E-state index is 12.4. The van der Waals surface area contributed by atoms with Crippen molar-refractivity contribution < 1.29 is 14.2 Å². The van der Waals surface area contributed by atoms with Crippen LogP contribution in [0, 0.1) is 0 Å². The summed E-state index contributed by atoms with van der Waals surface area (Å²) in [4.78, 5) is 12.0. The predicted molar refractivity (Wildman–Crippen MR) is 70.7 cm³/mol. The smallest absolute Gasteiger partial charge is 0.244 e. The van der Waals surface area contributed by atoms with E-state index < -0.39 is 16.7 Å². The molecule has 1 aromatic rings. The maximum atomic E-state index is 12.4. The van der Waals surface area contributed by atoms with E-state index in [1.807, 2.05) is 18.2 Å². The summed E-state index contributed by atoms with van der Waals surface area (Å²) in [5, 5.41) is 8.31. The van der Waals surface area contributed by atoms with Crippen LogP contribution in [0.25, 0.3) is 0 Å². The van der Waals surface area contributed by atoms with Crippen LogP contribution in [0.5, 0.6) is 0 Å². The van der Waals surface area contributed by atoms with Crippen LogP contribution in [0.15, 0.2) is 35.2 Å². The van der Waals surface area contributed by atoms with E-state index >= 15 is 0 Å². The van der Waals surface area contributed by atoms with Crippen LogP contribution in [-0.2, 0) is 15.6 Å². The molecule has 2 N–H and O–H groups in total. The number of hydroxylamine groups is 1. The van der Waals surface area contributed by atoms with Gasteiger partial charge in [0.15, 0.2) is 0 Å². The van der Waals surface area contributed by atoms with Gasteiger partial charge in [-0.15, -0.1) is 0 Å². The summed E-state index contributed by atoms with van der Waals surface area (Å²) < 4.78 is 12.4. The highest BCUT2D eigenvalue weighted by molar-refractivity contribution is 7.85. The molecule has 18 heavy (non-hydrogen) atoms. The fourth-order valence-electron chi connectivity index (χ4n) is 1.72. The summed E-state index contributed by atoms with van der Waals surface area (Å²) in [7, 11) is -1.22. The Morgan fingerprint density at radius 3 is 2.61 bits per heavy atom. The number of nitrogens with one attached hydrogen (secondary N) is 1. The first-order chi connectivity index (χ1) is 8.69. The number of amides is 1. The lowest BCUT2D eigenvalue weighted by Crippen LogP contribution is -2.27. The molecule has 0 aliphatic rings. The van der Waals surface area contributed by atoms with Crippen LogP contribution >= 0.6 is 0 Å². The van der Waals surface area contributed by atoms with Crippen molar-refractivity contribution in [2.45, 2.75) is 42.8 Å². The monoisotopic (exact) mass is 269 g/mol. The van der Waals surface area contributed by atoms with Gasteiger partial charge in [0, 0.05) is 16.6 Å². The standard InChI is InChI=1S/C13H19NO3S/c1-2-3-7-12(10-13(15)14-16)18(17)11-8-5-4-6-9-11/h4-6,8-9,12,16H,2-3,7,10H2,1H3,(H,14,15)/t12-,18-/m1/s1. The molecule has 0 aliphatic carbocycles. The number of hydrogen-bond donors (Lipinski definition) is 2. The molecule has 0 saturated carbocycles. The third-order valence-electron chi connectivity index (χ3n) is 2.70. The molecule has 0 saturated heterocycles. The number of hydrogen-bond acceptors (Lipinski definition) is 3. The van der Waals surface area contributed by atoms with E-state index in [4.69, 9.17) is 5.21 Å². The van der Waals surface area contributed by atoms with Gasteiger partial charge in [-0.3, -0.25) is 14.2 Å². The second-order valence-corrected chi connectivity index (χ2v) is 5.85. The highest BCUT2D eigenvalue weighted by Gasteiger charge is 2.21. The number of unbranched alkanes of at least 4 members (excludes halogenated alkanes) is 1. The third-order valence-corrected chi connectivity index (χ3v) is 4.44. The van der Waals surface area contributed by atoms with Gasteiger partial charge in [0.25, 0.3) is 0 Å². The Hall–Kier alpha value is -1.20. The molecule has 1 rings (SSSR count). The normalized spacial score (nSPS) is 13.9. The molecular formula is C13H19NO3S. The molecule has 0 heterocycles. The molecule has 100 valence electrons. The Kier molecular flexibility index (Phi) is 6.60. The maximum Gasteiger partial charge on any atom is 0.244 e. The number of carbonyl (C=O) groups excluding carboxylic acids is 1. The zero-order valence-electron chi connectivity index (χ0n) is 10.5. The molecule has 1 amide bonds. The summed E-state index contributed by atoms with van der Waals surface area (Å²) >= 11 is 0. The summed E-state index contributed by atoms with van der Waals surface area (Å²) in [6, 6.07) is 9.12. The van der Waals surface area contributed by atoms with E-state index in [1.165, 1.54) is 0 Å². The quantitative estimate of drug-likeness (QED) is 0.589. The molecule has 0 spiro atoms. The Labute approximate surface area is 110 Å². The van der Waals surface area contributed by atoms with Gasteiger partial charge in [0.2, 0.25) is 5.91 Å². The molecule has 1 aromatic carbocycles. The highest BCUT2D eigenvalue weighted by atomic mass is 32.2. The van der Waals surface area contributed by atoms with Gasteiger partial charge in [0.1, 0.15) is 0 Å². The van der Waals surface area contributed by atoms with E-state index in [0.29, 0.717) is 6.42 Å². The van der Waals surface area contributed by atoms with Crippen molar-refractivity contribution in [1.82, 2.24) is 5.48 Å². The SMILES string of the molecule is CCCC[C@H](CC(=O)NO)[S@](=O)c1ccccc1. The Morgan fingerprint density at radius 1 is 1.39 bits per heavy atom. The van der Waals surface area contributed by atoms with Gasteiger partial charge in [-0.1, -0.05) is 38.0 Å². The average Bonchev–Trinajstić information content (AvgIpc) is 2.43. The largest absolute Gasteiger partial charge is 0.289 e. The van der Waals surface area contributed by atoms with E-state index in [9.17, 15) is 9.00 Å². The number of carbonyl (C=O) groups is 1. The Balaban J connectivity index is 2.75. The van der Waals surface area contributed by atoms with Gasteiger partial charge in [-0.05, 0) is 18.6 Å². The van der Waals surface area contributed by atoms with Gasteiger partial charge in [0.05, 0.1) is 10.8 Å². The predicted octanol–water partition coefficient (Wildman–Crippen LogP) is 2.25. The minimum Gasteiger partial charge on any atom is -0.289 e. The van der Waals surface area contributed by atoms with Gasteiger partial charge < -0.3 is 0 Å². The first-order valence-electron chi connectivity index (χ1n) is 6.07. The van der Waals surface area contributed by atoms with E-state index in [0.717, 1.165) is 17.7 Å². The summed E-state index contributed by atoms with van der Waals surface area (Å²) in [5.74, 6) is -0.486. The van der Waals surface area contributed by atoms with Crippen LogP contribution in [0.2, 0.25) is 0 Å². The summed E-state index contributed by atoms with van der Waals surface area (Å²) in [6.45, 7) is 2.05. The Morgan fingerprint density at radius 2 is 2.06 bits per heavy atom. The molecule has 0 radical (unpaired) electrons. The van der Waals surface area contributed by atoms with Gasteiger partial charge in [-0.2, -0.15) is 0 Å².